The summed E-state index contributed by atoms with van der Waals surface area (Å²) in [7, 11) is 0. The highest BCUT2D eigenvalue weighted by molar-refractivity contribution is 5.81. The van der Waals surface area contributed by atoms with Crippen molar-refractivity contribution in [1.82, 2.24) is 5.32 Å². The summed E-state index contributed by atoms with van der Waals surface area (Å²) in [6.07, 6.45) is 3.04. The predicted molar refractivity (Wildman–Crippen MR) is 102 cm³/mol. The van der Waals surface area contributed by atoms with Gasteiger partial charge in [0.05, 0.1) is 11.8 Å². The summed E-state index contributed by atoms with van der Waals surface area (Å²) >= 11 is 0. The Morgan fingerprint density at radius 3 is 2.68 bits per heavy atom. The number of phenols is 1. The SMILES string of the molecule is C=C1C=Cc2c([C@@H](O)CNCc3ccc(C)c(C)c3)ccc(O)c2N1. The quantitative estimate of drug-likeness (QED) is 0.628. The zero-order chi connectivity index (χ0) is 18.0. The number of aliphatic hydroxyl groups is 1. The van der Waals surface area contributed by atoms with Crippen LogP contribution in [0.2, 0.25) is 0 Å². The number of aromatic hydroxyl groups is 1. The van der Waals surface area contributed by atoms with Crippen molar-refractivity contribution in [3.05, 3.63) is 76.5 Å². The highest BCUT2D eigenvalue weighted by Gasteiger charge is 2.19. The summed E-state index contributed by atoms with van der Waals surface area (Å²) < 4.78 is 0. The van der Waals surface area contributed by atoms with Gasteiger partial charge >= 0.3 is 0 Å². The molecule has 4 N–H and O–H groups in total. The molecule has 4 heteroatoms. The zero-order valence-electron chi connectivity index (χ0n) is 14.6. The first kappa shape index (κ1) is 17.3. The van der Waals surface area contributed by atoms with Gasteiger partial charge in [0, 0.05) is 24.4 Å². The minimum absolute atomic E-state index is 0.152. The Kier molecular flexibility index (Phi) is 4.93. The van der Waals surface area contributed by atoms with Crippen molar-refractivity contribution in [2.45, 2.75) is 26.5 Å². The number of fused-ring (bicyclic) bond motifs is 1. The molecule has 1 atom stereocenters. The lowest BCUT2D eigenvalue weighted by atomic mass is 9.97. The Hall–Kier alpha value is -2.56. The summed E-state index contributed by atoms with van der Waals surface area (Å²) in [4.78, 5) is 0. The average Bonchev–Trinajstić information content (AvgIpc) is 2.58. The van der Waals surface area contributed by atoms with E-state index in [2.05, 4.69) is 49.3 Å². The first-order valence-electron chi connectivity index (χ1n) is 8.40. The number of rotatable bonds is 5. The van der Waals surface area contributed by atoms with Crippen molar-refractivity contribution in [2.75, 3.05) is 11.9 Å². The Labute approximate surface area is 148 Å². The third kappa shape index (κ3) is 3.76. The van der Waals surface area contributed by atoms with Crippen LogP contribution in [-0.4, -0.2) is 16.8 Å². The summed E-state index contributed by atoms with van der Waals surface area (Å²) in [5.41, 5.74) is 6.62. The Morgan fingerprint density at radius 1 is 1.12 bits per heavy atom. The van der Waals surface area contributed by atoms with Gasteiger partial charge in [-0.2, -0.15) is 0 Å². The van der Waals surface area contributed by atoms with Crippen LogP contribution < -0.4 is 10.6 Å². The molecule has 25 heavy (non-hydrogen) atoms. The molecule has 0 fully saturated rings. The lowest BCUT2D eigenvalue weighted by molar-refractivity contribution is 0.174. The molecule has 130 valence electrons. The molecule has 1 heterocycles. The molecule has 0 unspecified atom stereocenters. The van der Waals surface area contributed by atoms with Crippen LogP contribution in [0.4, 0.5) is 5.69 Å². The minimum atomic E-state index is -0.668. The van der Waals surface area contributed by atoms with E-state index in [1.807, 2.05) is 12.2 Å². The maximum Gasteiger partial charge on any atom is 0.139 e. The highest BCUT2D eigenvalue weighted by Crippen LogP contribution is 2.37. The highest BCUT2D eigenvalue weighted by atomic mass is 16.3. The summed E-state index contributed by atoms with van der Waals surface area (Å²) in [5.74, 6) is 0.152. The Balaban J connectivity index is 1.69. The van der Waals surface area contributed by atoms with Crippen molar-refractivity contribution in [1.29, 1.82) is 0 Å². The fourth-order valence-corrected chi connectivity index (χ4v) is 2.99. The first-order chi connectivity index (χ1) is 12.0. The number of hydrogen-bond acceptors (Lipinski definition) is 4. The van der Waals surface area contributed by atoms with Gasteiger partial charge in [-0.1, -0.05) is 36.9 Å². The molecule has 0 spiro atoms. The zero-order valence-corrected chi connectivity index (χ0v) is 14.6. The molecule has 0 bridgehead atoms. The second-order valence-corrected chi connectivity index (χ2v) is 6.51. The second-order valence-electron chi connectivity index (χ2n) is 6.51. The Bertz CT molecular complexity index is 840. The van der Waals surface area contributed by atoms with E-state index in [0.717, 1.165) is 11.1 Å². The molecular weight excluding hydrogens is 312 g/mol. The minimum Gasteiger partial charge on any atom is -0.506 e. The van der Waals surface area contributed by atoms with Crippen LogP contribution in [0.15, 0.2) is 48.7 Å². The largest absolute Gasteiger partial charge is 0.506 e. The maximum atomic E-state index is 10.6. The van der Waals surface area contributed by atoms with Crippen LogP contribution in [0, 0.1) is 13.8 Å². The fourth-order valence-electron chi connectivity index (χ4n) is 2.99. The van der Waals surface area contributed by atoms with Gasteiger partial charge in [-0.3, -0.25) is 0 Å². The summed E-state index contributed by atoms with van der Waals surface area (Å²) in [5, 5.41) is 27.0. The van der Waals surface area contributed by atoms with Gasteiger partial charge in [-0.05, 0) is 48.2 Å². The van der Waals surface area contributed by atoms with Crippen LogP contribution in [0.1, 0.15) is 33.9 Å². The van der Waals surface area contributed by atoms with E-state index in [0.29, 0.717) is 24.5 Å². The normalized spacial score (nSPS) is 14.1. The number of aryl methyl sites for hydroxylation is 2. The standard InChI is InChI=1S/C21H24N2O2/c1-13-4-6-16(10-14(13)2)11-22-12-20(25)17-8-9-19(24)21-18(17)7-5-15(3)23-21/h4-10,20,22-25H,3,11-12H2,1-2H3/t20-/m0/s1. The van der Waals surface area contributed by atoms with Gasteiger partial charge in [0.25, 0.3) is 0 Å². The number of allylic oxidation sites excluding steroid dienone is 1. The molecule has 1 aliphatic heterocycles. The fraction of sp³-hybridized carbons (Fsp3) is 0.238. The van der Waals surface area contributed by atoms with Crippen molar-refractivity contribution in [3.8, 4) is 5.75 Å². The van der Waals surface area contributed by atoms with Crippen molar-refractivity contribution in [3.63, 3.8) is 0 Å². The molecule has 0 radical (unpaired) electrons. The van der Waals surface area contributed by atoms with Crippen LogP contribution in [-0.2, 0) is 6.54 Å². The van der Waals surface area contributed by atoms with E-state index in [1.165, 1.54) is 16.7 Å². The molecule has 0 saturated heterocycles. The van der Waals surface area contributed by atoms with E-state index < -0.39 is 6.10 Å². The molecule has 3 rings (SSSR count). The summed E-state index contributed by atoms with van der Waals surface area (Å²) in [6.45, 7) is 9.17. The molecule has 2 aromatic carbocycles. The lowest BCUT2D eigenvalue weighted by Gasteiger charge is -2.22. The van der Waals surface area contributed by atoms with Crippen LogP contribution in [0.3, 0.4) is 0 Å². The molecule has 4 nitrogen and oxygen atoms in total. The molecule has 2 aromatic rings. The van der Waals surface area contributed by atoms with Crippen molar-refractivity contribution in [2.24, 2.45) is 0 Å². The topological polar surface area (TPSA) is 64.5 Å². The lowest BCUT2D eigenvalue weighted by Crippen LogP contribution is -2.22. The summed E-state index contributed by atoms with van der Waals surface area (Å²) in [6, 6.07) is 9.73. The third-order valence-corrected chi connectivity index (χ3v) is 4.59. The van der Waals surface area contributed by atoms with Gasteiger partial charge in [-0.15, -0.1) is 0 Å². The number of phenolic OH excluding ortho intramolecular Hbond substituents is 1. The van der Waals surface area contributed by atoms with Gasteiger partial charge in [0.2, 0.25) is 0 Å². The van der Waals surface area contributed by atoms with E-state index >= 15 is 0 Å². The molecule has 0 amide bonds. The van der Waals surface area contributed by atoms with Gasteiger partial charge in [0.1, 0.15) is 5.75 Å². The van der Waals surface area contributed by atoms with E-state index in [1.54, 1.807) is 12.1 Å². The third-order valence-electron chi connectivity index (χ3n) is 4.59. The molecule has 0 aliphatic carbocycles. The van der Waals surface area contributed by atoms with Crippen molar-refractivity contribution >= 4 is 11.8 Å². The first-order valence-corrected chi connectivity index (χ1v) is 8.40. The smallest absolute Gasteiger partial charge is 0.139 e. The van der Waals surface area contributed by atoms with Crippen LogP contribution in [0.5, 0.6) is 5.75 Å². The van der Waals surface area contributed by atoms with E-state index in [4.69, 9.17) is 0 Å². The van der Waals surface area contributed by atoms with Crippen molar-refractivity contribution < 1.29 is 10.2 Å². The monoisotopic (exact) mass is 336 g/mol. The van der Waals surface area contributed by atoms with E-state index in [9.17, 15) is 10.2 Å². The number of hydrogen-bond donors (Lipinski definition) is 4. The van der Waals surface area contributed by atoms with Gasteiger partial charge in [-0.25, -0.2) is 0 Å². The molecular formula is C21H24N2O2. The maximum absolute atomic E-state index is 10.6. The molecule has 0 aromatic heterocycles. The molecule has 1 aliphatic rings. The number of nitrogens with one attached hydrogen (secondary N) is 2. The number of aliphatic hydroxyl groups excluding tert-OH is 1. The van der Waals surface area contributed by atoms with E-state index in [-0.39, 0.29) is 5.75 Å². The predicted octanol–water partition coefficient (Wildman–Crippen LogP) is 3.78. The van der Waals surface area contributed by atoms with Gasteiger partial charge < -0.3 is 20.8 Å². The average molecular weight is 336 g/mol. The van der Waals surface area contributed by atoms with Crippen LogP contribution in [0.25, 0.3) is 6.08 Å². The molecule has 0 saturated carbocycles. The second kappa shape index (κ2) is 7.13. The number of benzene rings is 2. The van der Waals surface area contributed by atoms with Crippen LogP contribution >= 0.6 is 0 Å². The van der Waals surface area contributed by atoms with Gasteiger partial charge in [0.15, 0.2) is 0 Å². The number of anilines is 1. The Morgan fingerprint density at radius 2 is 1.92 bits per heavy atom.